The SMILES string of the molecule is O=C(CN(c1ccc(Cl)c(Cl)c1)S(=O)(=O)c1ccccc1)NCCCc1ccccc1Cl. The van der Waals surface area contributed by atoms with Gasteiger partial charge in [0.15, 0.2) is 0 Å². The lowest BCUT2D eigenvalue weighted by Crippen LogP contribution is -2.41. The number of anilines is 1. The van der Waals surface area contributed by atoms with Crippen molar-refractivity contribution in [2.75, 3.05) is 17.4 Å². The summed E-state index contributed by atoms with van der Waals surface area (Å²) in [4.78, 5) is 12.7. The minimum Gasteiger partial charge on any atom is -0.355 e. The summed E-state index contributed by atoms with van der Waals surface area (Å²) in [5.41, 5.74) is 1.24. The summed E-state index contributed by atoms with van der Waals surface area (Å²) >= 11 is 18.2. The van der Waals surface area contributed by atoms with Gasteiger partial charge in [0.2, 0.25) is 5.91 Å². The zero-order valence-electron chi connectivity index (χ0n) is 17.0. The number of aryl methyl sites for hydroxylation is 1. The lowest BCUT2D eigenvalue weighted by molar-refractivity contribution is -0.119. The van der Waals surface area contributed by atoms with E-state index in [1.807, 2.05) is 24.3 Å². The maximum Gasteiger partial charge on any atom is 0.264 e. The lowest BCUT2D eigenvalue weighted by Gasteiger charge is -2.24. The van der Waals surface area contributed by atoms with Crippen LogP contribution in [0.2, 0.25) is 15.1 Å². The Morgan fingerprint density at radius 1 is 0.844 bits per heavy atom. The van der Waals surface area contributed by atoms with Crippen molar-refractivity contribution in [3.05, 3.63) is 93.4 Å². The molecule has 0 aliphatic carbocycles. The molecule has 168 valence electrons. The Hall–Kier alpha value is -2.25. The molecule has 9 heteroatoms. The third-order valence-electron chi connectivity index (χ3n) is 4.71. The van der Waals surface area contributed by atoms with Gasteiger partial charge in [-0.2, -0.15) is 0 Å². The summed E-state index contributed by atoms with van der Waals surface area (Å²) in [5.74, 6) is -0.435. The van der Waals surface area contributed by atoms with Crippen LogP contribution in [-0.2, 0) is 21.2 Å². The predicted octanol–water partition coefficient (Wildman–Crippen LogP) is 5.59. The molecule has 0 fully saturated rings. The summed E-state index contributed by atoms with van der Waals surface area (Å²) in [6.45, 7) is -0.0219. The van der Waals surface area contributed by atoms with Gasteiger partial charge in [0.05, 0.1) is 20.6 Å². The van der Waals surface area contributed by atoms with Crippen LogP contribution in [0, 0.1) is 0 Å². The second-order valence-corrected chi connectivity index (χ2v) is 10.1. The number of carbonyl (C=O) groups is 1. The fourth-order valence-corrected chi connectivity index (χ4v) is 5.03. The number of hydrogen-bond acceptors (Lipinski definition) is 3. The molecule has 0 heterocycles. The van der Waals surface area contributed by atoms with Crippen LogP contribution in [0.25, 0.3) is 0 Å². The Bertz CT molecular complexity index is 1190. The van der Waals surface area contributed by atoms with E-state index in [0.717, 1.165) is 9.87 Å². The van der Waals surface area contributed by atoms with Gasteiger partial charge in [-0.05, 0) is 54.8 Å². The standard InChI is InChI=1S/C23H21Cl3N2O3S/c24-20-11-5-4-7-17(20)8-6-14-27-23(29)16-28(18-12-13-21(25)22(26)15-18)32(30,31)19-9-2-1-3-10-19/h1-5,7,9-13,15H,6,8,14,16H2,(H,27,29). The number of nitrogens with zero attached hydrogens (tertiary/aromatic N) is 1. The van der Waals surface area contributed by atoms with Crippen molar-refractivity contribution in [3.63, 3.8) is 0 Å². The molecule has 0 atom stereocenters. The van der Waals surface area contributed by atoms with Gasteiger partial charge in [-0.1, -0.05) is 71.2 Å². The zero-order valence-corrected chi connectivity index (χ0v) is 20.1. The highest BCUT2D eigenvalue weighted by Crippen LogP contribution is 2.30. The molecule has 0 aromatic heterocycles. The summed E-state index contributed by atoms with van der Waals surface area (Å²) in [6, 6.07) is 19.9. The van der Waals surface area contributed by atoms with Crippen molar-refractivity contribution in [2.24, 2.45) is 0 Å². The molecule has 0 unspecified atom stereocenters. The van der Waals surface area contributed by atoms with E-state index in [4.69, 9.17) is 34.8 Å². The van der Waals surface area contributed by atoms with E-state index in [9.17, 15) is 13.2 Å². The number of benzene rings is 3. The van der Waals surface area contributed by atoms with E-state index in [0.29, 0.717) is 24.4 Å². The molecule has 0 aliphatic rings. The van der Waals surface area contributed by atoms with E-state index < -0.39 is 22.5 Å². The average molecular weight is 512 g/mol. The van der Waals surface area contributed by atoms with E-state index in [2.05, 4.69) is 5.32 Å². The first kappa shape index (κ1) is 24.4. The first-order valence-corrected chi connectivity index (χ1v) is 12.4. The van der Waals surface area contributed by atoms with Crippen molar-refractivity contribution in [1.82, 2.24) is 5.32 Å². The van der Waals surface area contributed by atoms with Crippen LogP contribution in [0.3, 0.4) is 0 Å². The first-order valence-electron chi connectivity index (χ1n) is 9.82. The Balaban J connectivity index is 1.73. The van der Waals surface area contributed by atoms with Crippen LogP contribution >= 0.6 is 34.8 Å². The maximum atomic E-state index is 13.3. The van der Waals surface area contributed by atoms with Gasteiger partial charge >= 0.3 is 0 Å². The van der Waals surface area contributed by atoms with E-state index >= 15 is 0 Å². The predicted molar refractivity (Wildman–Crippen MR) is 130 cm³/mol. The van der Waals surface area contributed by atoms with E-state index in [1.54, 1.807) is 18.2 Å². The molecular weight excluding hydrogens is 491 g/mol. The number of nitrogens with one attached hydrogen (secondary N) is 1. The molecule has 5 nitrogen and oxygen atoms in total. The maximum absolute atomic E-state index is 13.3. The van der Waals surface area contributed by atoms with Gasteiger partial charge < -0.3 is 5.32 Å². The highest BCUT2D eigenvalue weighted by atomic mass is 35.5. The van der Waals surface area contributed by atoms with Crippen LogP contribution in [0.5, 0.6) is 0 Å². The largest absolute Gasteiger partial charge is 0.355 e. The summed E-state index contributed by atoms with van der Waals surface area (Å²) in [5, 5.41) is 3.93. The number of sulfonamides is 1. The number of rotatable bonds is 9. The minimum absolute atomic E-state index is 0.0672. The fraction of sp³-hybridized carbons (Fsp3) is 0.174. The molecule has 0 bridgehead atoms. The number of halogens is 3. The normalized spacial score (nSPS) is 11.2. The van der Waals surface area contributed by atoms with Gasteiger partial charge in [-0.25, -0.2) is 8.42 Å². The van der Waals surface area contributed by atoms with Gasteiger partial charge in [0, 0.05) is 11.6 Å². The van der Waals surface area contributed by atoms with Gasteiger partial charge in [0.1, 0.15) is 6.54 Å². The summed E-state index contributed by atoms with van der Waals surface area (Å²) in [6.07, 6.45) is 1.35. The van der Waals surface area contributed by atoms with Crippen LogP contribution in [-0.4, -0.2) is 27.4 Å². The molecule has 1 N–H and O–H groups in total. The molecule has 0 aliphatic heterocycles. The smallest absolute Gasteiger partial charge is 0.264 e. The second kappa shape index (κ2) is 11.1. The highest BCUT2D eigenvalue weighted by Gasteiger charge is 2.27. The van der Waals surface area contributed by atoms with Crippen LogP contribution in [0.1, 0.15) is 12.0 Å². The molecule has 0 saturated carbocycles. The number of carbonyl (C=O) groups excluding carboxylic acids is 1. The van der Waals surface area contributed by atoms with Gasteiger partial charge in [0.25, 0.3) is 10.0 Å². The van der Waals surface area contributed by atoms with Crippen LogP contribution < -0.4 is 9.62 Å². The van der Waals surface area contributed by atoms with Gasteiger partial charge in [-0.3, -0.25) is 9.10 Å². The molecule has 0 radical (unpaired) electrons. The Morgan fingerprint density at radius 3 is 2.22 bits per heavy atom. The van der Waals surface area contributed by atoms with Crippen molar-refractivity contribution >= 4 is 56.4 Å². The molecule has 0 spiro atoms. The van der Waals surface area contributed by atoms with Crippen molar-refractivity contribution < 1.29 is 13.2 Å². The first-order chi connectivity index (χ1) is 15.3. The third-order valence-corrected chi connectivity index (χ3v) is 7.61. The molecule has 1 amide bonds. The van der Waals surface area contributed by atoms with Crippen LogP contribution in [0.4, 0.5) is 5.69 Å². The molecule has 3 aromatic rings. The van der Waals surface area contributed by atoms with Crippen molar-refractivity contribution in [2.45, 2.75) is 17.7 Å². The molecular formula is C23H21Cl3N2O3S. The van der Waals surface area contributed by atoms with Crippen molar-refractivity contribution in [1.29, 1.82) is 0 Å². The summed E-state index contributed by atoms with van der Waals surface area (Å²) in [7, 11) is -4.00. The minimum atomic E-state index is -4.00. The van der Waals surface area contributed by atoms with Crippen LogP contribution in [0.15, 0.2) is 77.7 Å². The molecule has 0 saturated heterocycles. The second-order valence-electron chi connectivity index (χ2n) is 6.97. The monoisotopic (exact) mass is 510 g/mol. The highest BCUT2D eigenvalue weighted by molar-refractivity contribution is 7.92. The quantitative estimate of drug-likeness (QED) is 0.381. The Kier molecular flexibility index (Phi) is 8.43. The van der Waals surface area contributed by atoms with Crippen molar-refractivity contribution in [3.8, 4) is 0 Å². The van der Waals surface area contributed by atoms with Gasteiger partial charge in [-0.15, -0.1) is 0 Å². The topological polar surface area (TPSA) is 66.5 Å². The average Bonchev–Trinajstić information content (AvgIpc) is 2.78. The zero-order chi connectivity index (χ0) is 23.1. The lowest BCUT2D eigenvalue weighted by atomic mass is 10.1. The molecule has 32 heavy (non-hydrogen) atoms. The van der Waals surface area contributed by atoms with E-state index in [-0.39, 0.29) is 20.6 Å². The Morgan fingerprint density at radius 2 is 1.53 bits per heavy atom. The number of hydrogen-bond donors (Lipinski definition) is 1. The molecule has 3 aromatic carbocycles. The molecule has 3 rings (SSSR count). The van der Waals surface area contributed by atoms with E-state index in [1.165, 1.54) is 30.3 Å². The third kappa shape index (κ3) is 6.17. The summed E-state index contributed by atoms with van der Waals surface area (Å²) < 4.78 is 27.6. The Labute approximate surface area is 203 Å². The number of amides is 1. The fourth-order valence-electron chi connectivity index (χ4n) is 3.07.